The smallest absolute Gasteiger partial charge is 0.338 e. The zero-order valence-corrected chi connectivity index (χ0v) is 18.5. The van der Waals surface area contributed by atoms with Gasteiger partial charge in [-0.05, 0) is 56.6 Å². The molecule has 0 aliphatic carbocycles. The molecule has 0 fully saturated rings. The molecule has 0 unspecified atom stereocenters. The summed E-state index contributed by atoms with van der Waals surface area (Å²) in [7, 11) is 0. The van der Waals surface area contributed by atoms with Gasteiger partial charge in [0.25, 0.3) is 0 Å². The Bertz CT molecular complexity index is 790. The topological polar surface area (TPSA) is 82.7 Å². The Hall–Kier alpha value is -2.61. The van der Waals surface area contributed by atoms with Gasteiger partial charge in [0.2, 0.25) is 0 Å². The molecule has 1 atom stereocenters. The summed E-state index contributed by atoms with van der Waals surface area (Å²) in [6.45, 7) is 11.3. The van der Waals surface area contributed by atoms with Crippen molar-refractivity contribution in [2.45, 2.75) is 40.7 Å². The molecule has 1 aliphatic rings. The average molecular weight is 419 g/mol. The van der Waals surface area contributed by atoms with E-state index in [9.17, 15) is 9.59 Å². The van der Waals surface area contributed by atoms with Crippen molar-refractivity contribution in [3.63, 3.8) is 0 Å². The van der Waals surface area contributed by atoms with Gasteiger partial charge in [-0.1, -0.05) is 26.0 Å². The van der Waals surface area contributed by atoms with Crippen LogP contribution in [0.2, 0.25) is 0 Å². The summed E-state index contributed by atoms with van der Waals surface area (Å²) < 4.78 is 5.52. The highest BCUT2D eigenvalue weighted by Gasteiger charge is 2.34. The number of rotatable bonds is 7. The molecule has 0 radical (unpaired) electrons. The predicted octanol–water partition coefficient (Wildman–Crippen LogP) is 3.55. The zero-order valence-electron chi connectivity index (χ0n) is 17.7. The number of nitrogens with one attached hydrogen (secondary N) is 3. The van der Waals surface area contributed by atoms with Crippen molar-refractivity contribution in [1.82, 2.24) is 15.5 Å². The highest BCUT2D eigenvalue weighted by Crippen LogP contribution is 2.32. The van der Waals surface area contributed by atoms with Gasteiger partial charge < -0.3 is 25.6 Å². The van der Waals surface area contributed by atoms with Crippen LogP contribution in [0.5, 0.6) is 0 Å². The molecule has 0 saturated heterocycles. The van der Waals surface area contributed by atoms with Crippen molar-refractivity contribution < 1.29 is 14.3 Å². The maximum atomic E-state index is 12.9. The minimum Gasteiger partial charge on any atom is -0.462 e. The second-order valence-electron chi connectivity index (χ2n) is 7.22. The van der Waals surface area contributed by atoms with Gasteiger partial charge in [-0.2, -0.15) is 0 Å². The van der Waals surface area contributed by atoms with E-state index in [0.717, 1.165) is 11.3 Å². The van der Waals surface area contributed by atoms with E-state index in [1.54, 1.807) is 12.1 Å². The third-order valence-corrected chi connectivity index (χ3v) is 4.86. The minimum atomic E-state index is -0.413. The van der Waals surface area contributed by atoms with Crippen molar-refractivity contribution in [3.05, 3.63) is 41.1 Å². The third-order valence-electron chi connectivity index (χ3n) is 4.52. The molecule has 2 amide bonds. The van der Waals surface area contributed by atoms with Gasteiger partial charge in [-0.25, -0.2) is 9.59 Å². The maximum Gasteiger partial charge on any atom is 0.338 e. The fourth-order valence-electron chi connectivity index (χ4n) is 3.09. The van der Waals surface area contributed by atoms with Crippen molar-refractivity contribution in [1.29, 1.82) is 0 Å². The van der Waals surface area contributed by atoms with Crippen molar-refractivity contribution >= 4 is 35.0 Å². The lowest BCUT2D eigenvalue weighted by Crippen LogP contribution is -2.47. The lowest BCUT2D eigenvalue weighted by molar-refractivity contribution is -0.140. The fourth-order valence-corrected chi connectivity index (χ4v) is 3.48. The lowest BCUT2D eigenvalue weighted by atomic mass is 9.95. The number of allylic oxidation sites excluding steroid dienone is 1. The molecule has 8 heteroatoms. The van der Waals surface area contributed by atoms with Crippen LogP contribution in [0.3, 0.4) is 0 Å². The standard InChI is InChI=1S/C21H30N4O3S/c1-6-22-20(27)23-16-10-8-15(9-11-16)18-17(19(26)28-12-13(3)4)14(5)25(7-2)21(29)24-18/h8-11,13,18H,6-7,12H2,1-5H3,(H,24,29)(H2,22,23,27)/t18-/m1/s1. The van der Waals surface area contributed by atoms with Gasteiger partial charge in [0.05, 0.1) is 18.2 Å². The molecular weight excluding hydrogens is 388 g/mol. The van der Waals surface area contributed by atoms with Gasteiger partial charge >= 0.3 is 12.0 Å². The van der Waals surface area contributed by atoms with Crippen LogP contribution in [0.4, 0.5) is 10.5 Å². The highest BCUT2D eigenvalue weighted by molar-refractivity contribution is 7.80. The Morgan fingerprint density at radius 2 is 1.90 bits per heavy atom. The van der Waals surface area contributed by atoms with Crippen LogP contribution < -0.4 is 16.0 Å². The van der Waals surface area contributed by atoms with E-state index in [2.05, 4.69) is 16.0 Å². The highest BCUT2D eigenvalue weighted by atomic mass is 32.1. The van der Waals surface area contributed by atoms with Gasteiger partial charge in [0, 0.05) is 24.5 Å². The van der Waals surface area contributed by atoms with E-state index >= 15 is 0 Å². The maximum absolute atomic E-state index is 12.9. The number of hydrogen-bond donors (Lipinski definition) is 3. The zero-order chi connectivity index (χ0) is 21.6. The monoisotopic (exact) mass is 418 g/mol. The van der Waals surface area contributed by atoms with Gasteiger partial charge in [0.1, 0.15) is 0 Å². The molecule has 29 heavy (non-hydrogen) atoms. The number of amides is 2. The van der Waals surface area contributed by atoms with E-state index in [1.807, 2.05) is 51.7 Å². The molecular formula is C21H30N4O3S. The average Bonchev–Trinajstić information content (AvgIpc) is 2.66. The number of nitrogens with zero attached hydrogens (tertiary/aromatic N) is 1. The lowest BCUT2D eigenvalue weighted by Gasteiger charge is -2.37. The van der Waals surface area contributed by atoms with E-state index in [4.69, 9.17) is 17.0 Å². The summed E-state index contributed by atoms with van der Waals surface area (Å²) in [5.74, 6) is -0.1000. The minimum absolute atomic E-state index is 0.248. The predicted molar refractivity (Wildman–Crippen MR) is 118 cm³/mol. The first-order valence-corrected chi connectivity index (χ1v) is 10.3. The van der Waals surface area contributed by atoms with Crippen LogP contribution in [0.1, 0.15) is 46.2 Å². The van der Waals surface area contributed by atoms with Gasteiger partial charge in [-0.3, -0.25) is 0 Å². The Kier molecular flexibility index (Phi) is 8.01. The number of carbonyl (C=O) groups excluding carboxylic acids is 2. The quantitative estimate of drug-likeness (QED) is 0.464. The van der Waals surface area contributed by atoms with Gasteiger partial charge in [0.15, 0.2) is 5.11 Å². The first-order valence-electron chi connectivity index (χ1n) is 9.89. The molecule has 1 aromatic carbocycles. The van der Waals surface area contributed by atoms with E-state index in [0.29, 0.717) is 36.1 Å². The summed E-state index contributed by atoms with van der Waals surface area (Å²) in [6.07, 6.45) is 0. The van der Waals surface area contributed by atoms with Crippen molar-refractivity contribution in [3.8, 4) is 0 Å². The molecule has 0 saturated carbocycles. The van der Waals surface area contributed by atoms with Crippen LogP contribution in [-0.2, 0) is 9.53 Å². The fraction of sp³-hybridized carbons (Fsp3) is 0.476. The number of thiocarbonyl (C=S) groups is 1. The van der Waals surface area contributed by atoms with Crippen molar-refractivity contribution in [2.24, 2.45) is 5.92 Å². The van der Waals surface area contributed by atoms with E-state index in [-0.39, 0.29) is 17.9 Å². The van der Waals surface area contributed by atoms with Crippen LogP contribution in [0, 0.1) is 5.92 Å². The number of ether oxygens (including phenoxy) is 1. The Morgan fingerprint density at radius 1 is 1.24 bits per heavy atom. The normalized spacial score (nSPS) is 16.6. The third kappa shape index (κ3) is 5.69. The molecule has 1 aromatic rings. The number of benzene rings is 1. The molecule has 158 valence electrons. The molecule has 1 aliphatic heterocycles. The van der Waals surface area contributed by atoms with Crippen LogP contribution in [0.25, 0.3) is 0 Å². The molecule has 3 N–H and O–H groups in total. The Balaban J connectivity index is 2.32. The summed E-state index contributed by atoms with van der Waals surface area (Å²) in [4.78, 5) is 26.5. The first-order chi connectivity index (χ1) is 13.8. The SMILES string of the molecule is CCNC(=O)Nc1ccc([C@H]2NC(=S)N(CC)C(C)=C2C(=O)OCC(C)C)cc1. The van der Waals surface area contributed by atoms with Crippen LogP contribution >= 0.6 is 12.2 Å². The summed E-state index contributed by atoms with van der Waals surface area (Å²) in [5.41, 5.74) is 2.86. The number of hydrogen-bond acceptors (Lipinski definition) is 4. The molecule has 7 nitrogen and oxygen atoms in total. The Labute approximate surface area is 177 Å². The van der Waals surface area contributed by atoms with Crippen LogP contribution in [-0.4, -0.2) is 41.7 Å². The van der Waals surface area contributed by atoms with E-state index in [1.165, 1.54) is 0 Å². The largest absolute Gasteiger partial charge is 0.462 e. The molecule has 0 aromatic heterocycles. The van der Waals surface area contributed by atoms with Crippen molar-refractivity contribution in [2.75, 3.05) is 25.0 Å². The first kappa shape index (κ1) is 22.7. The van der Waals surface area contributed by atoms with E-state index < -0.39 is 6.04 Å². The van der Waals surface area contributed by atoms with Gasteiger partial charge in [-0.15, -0.1) is 0 Å². The summed E-state index contributed by atoms with van der Waals surface area (Å²) >= 11 is 5.50. The molecule has 2 rings (SSSR count). The number of urea groups is 1. The number of esters is 1. The second kappa shape index (κ2) is 10.2. The summed E-state index contributed by atoms with van der Waals surface area (Å²) in [5, 5.41) is 9.28. The second-order valence-corrected chi connectivity index (χ2v) is 7.61. The summed E-state index contributed by atoms with van der Waals surface area (Å²) in [6, 6.07) is 6.66. The number of anilines is 1. The molecule has 0 spiro atoms. The Morgan fingerprint density at radius 3 is 2.45 bits per heavy atom. The molecule has 0 bridgehead atoms. The molecule has 1 heterocycles. The van der Waals surface area contributed by atoms with Crippen LogP contribution in [0.15, 0.2) is 35.5 Å². The number of carbonyl (C=O) groups is 2.